The van der Waals surface area contributed by atoms with Gasteiger partial charge in [0.2, 0.25) is 0 Å². The summed E-state index contributed by atoms with van der Waals surface area (Å²) in [5, 5.41) is 3.62. The Morgan fingerprint density at radius 2 is 1.95 bits per heavy atom. The Balaban J connectivity index is 2.91. The maximum atomic E-state index is 5.36. The van der Waals surface area contributed by atoms with E-state index in [0.29, 0.717) is 23.5 Å². The van der Waals surface area contributed by atoms with E-state index in [1.807, 2.05) is 7.11 Å². The van der Waals surface area contributed by atoms with Crippen molar-refractivity contribution in [2.24, 2.45) is 5.41 Å². The first-order valence-corrected chi connectivity index (χ1v) is 8.43. The average Bonchev–Trinajstić information content (AvgIpc) is 2.42. The van der Waals surface area contributed by atoms with E-state index in [1.165, 1.54) is 32.1 Å². The van der Waals surface area contributed by atoms with Gasteiger partial charge in [-0.3, -0.25) is 4.90 Å². The van der Waals surface area contributed by atoms with Gasteiger partial charge in [0.25, 0.3) is 0 Å². The molecule has 1 fully saturated rings. The van der Waals surface area contributed by atoms with Crippen molar-refractivity contribution < 1.29 is 4.74 Å². The van der Waals surface area contributed by atoms with Gasteiger partial charge in [-0.2, -0.15) is 0 Å². The molecule has 0 aromatic rings. The van der Waals surface area contributed by atoms with Crippen LogP contribution in [0, 0.1) is 5.41 Å². The van der Waals surface area contributed by atoms with Crippen molar-refractivity contribution in [1.29, 1.82) is 0 Å². The molecule has 2 unspecified atom stereocenters. The molecule has 1 rings (SSSR count). The summed E-state index contributed by atoms with van der Waals surface area (Å²) in [4.78, 5) is 2.73. The van der Waals surface area contributed by atoms with Gasteiger partial charge < -0.3 is 10.1 Å². The molecule has 2 atom stereocenters. The molecule has 3 nitrogen and oxygen atoms in total. The number of rotatable bonds is 8. The first-order chi connectivity index (χ1) is 9.51. The molecule has 1 aliphatic rings. The number of hydrogen-bond acceptors (Lipinski definition) is 3. The smallest absolute Gasteiger partial charge is 0.0589 e. The van der Waals surface area contributed by atoms with Gasteiger partial charge in [0.1, 0.15) is 0 Å². The zero-order valence-corrected chi connectivity index (χ0v) is 14.5. The summed E-state index contributed by atoms with van der Waals surface area (Å²) in [6, 6.07) is 1.90. The van der Waals surface area contributed by atoms with Crippen LogP contribution in [-0.4, -0.2) is 50.3 Å². The Hall–Kier alpha value is -0.120. The largest absolute Gasteiger partial charge is 0.383 e. The highest BCUT2D eigenvalue weighted by molar-refractivity contribution is 4.98. The second kappa shape index (κ2) is 8.35. The standard InChI is InChI=1S/C17H36N2O/c1-7-14(8-2)19(12-13-20-6)15-10-9-11-17(3,4)16(15)18-5/h14-16,18H,7-13H2,1-6H3. The van der Waals surface area contributed by atoms with Crippen molar-refractivity contribution in [3.8, 4) is 0 Å². The third-order valence-electron chi connectivity index (χ3n) is 5.25. The first-order valence-electron chi connectivity index (χ1n) is 8.43. The summed E-state index contributed by atoms with van der Waals surface area (Å²) in [5.41, 5.74) is 0.384. The number of methoxy groups -OCH3 is 1. The van der Waals surface area contributed by atoms with Crippen molar-refractivity contribution in [3.05, 3.63) is 0 Å². The Bertz CT molecular complexity index is 264. The van der Waals surface area contributed by atoms with Gasteiger partial charge in [0.15, 0.2) is 0 Å². The molecule has 1 aliphatic carbocycles. The lowest BCUT2D eigenvalue weighted by atomic mass is 9.70. The van der Waals surface area contributed by atoms with E-state index in [9.17, 15) is 0 Å². The molecule has 0 saturated heterocycles. The number of likely N-dealkylation sites (N-methyl/N-ethyl adjacent to an activating group) is 1. The van der Waals surface area contributed by atoms with E-state index in [2.05, 4.69) is 45.0 Å². The Kier molecular flexibility index (Phi) is 7.49. The molecule has 1 N–H and O–H groups in total. The number of nitrogens with zero attached hydrogens (tertiary/aromatic N) is 1. The third-order valence-corrected chi connectivity index (χ3v) is 5.25. The van der Waals surface area contributed by atoms with Gasteiger partial charge >= 0.3 is 0 Å². The summed E-state index contributed by atoms with van der Waals surface area (Å²) in [6.45, 7) is 11.4. The van der Waals surface area contributed by atoms with Crippen LogP contribution in [0.1, 0.15) is 59.8 Å². The minimum atomic E-state index is 0.384. The zero-order valence-electron chi connectivity index (χ0n) is 14.5. The molecule has 0 radical (unpaired) electrons. The molecule has 20 heavy (non-hydrogen) atoms. The normalized spacial score (nSPS) is 26.4. The van der Waals surface area contributed by atoms with Crippen molar-refractivity contribution >= 4 is 0 Å². The quantitative estimate of drug-likeness (QED) is 0.740. The van der Waals surface area contributed by atoms with Crippen LogP contribution in [-0.2, 0) is 4.74 Å². The van der Waals surface area contributed by atoms with Gasteiger partial charge in [0, 0.05) is 31.8 Å². The highest BCUT2D eigenvalue weighted by atomic mass is 16.5. The van der Waals surface area contributed by atoms with Crippen LogP contribution in [0.4, 0.5) is 0 Å². The Morgan fingerprint density at radius 1 is 1.30 bits per heavy atom. The maximum absolute atomic E-state index is 5.36. The maximum Gasteiger partial charge on any atom is 0.0589 e. The summed E-state index contributed by atoms with van der Waals surface area (Å²) >= 11 is 0. The summed E-state index contributed by atoms with van der Waals surface area (Å²) < 4.78 is 5.36. The highest BCUT2D eigenvalue weighted by Gasteiger charge is 2.41. The van der Waals surface area contributed by atoms with Crippen LogP contribution >= 0.6 is 0 Å². The highest BCUT2D eigenvalue weighted by Crippen LogP contribution is 2.38. The van der Waals surface area contributed by atoms with Gasteiger partial charge in [-0.15, -0.1) is 0 Å². The number of ether oxygens (including phenoxy) is 1. The number of hydrogen-bond donors (Lipinski definition) is 1. The van der Waals surface area contributed by atoms with E-state index in [4.69, 9.17) is 4.74 Å². The van der Waals surface area contributed by atoms with Crippen molar-refractivity contribution in [1.82, 2.24) is 10.2 Å². The topological polar surface area (TPSA) is 24.5 Å². The van der Waals surface area contributed by atoms with Crippen LogP contribution in [0.15, 0.2) is 0 Å². The van der Waals surface area contributed by atoms with Crippen molar-refractivity contribution in [2.45, 2.75) is 77.9 Å². The summed E-state index contributed by atoms with van der Waals surface area (Å²) in [6.07, 6.45) is 6.45. The van der Waals surface area contributed by atoms with E-state index >= 15 is 0 Å². The van der Waals surface area contributed by atoms with Gasteiger partial charge in [-0.1, -0.05) is 34.1 Å². The fourth-order valence-electron chi connectivity index (χ4n) is 4.12. The molecule has 0 aromatic carbocycles. The zero-order chi connectivity index (χ0) is 15.2. The second-order valence-corrected chi connectivity index (χ2v) is 6.92. The van der Waals surface area contributed by atoms with Gasteiger partial charge in [-0.25, -0.2) is 0 Å². The predicted octanol–water partition coefficient (Wildman–Crippen LogP) is 3.29. The molecule has 0 aliphatic heterocycles. The third kappa shape index (κ3) is 4.19. The molecule has 0 bridgehead atoms. The Labute approximate surface area is 126 Å². The van der Waals surface area contributed by atoms with E-state index in [0.717, 1.165) is 13.2 Å². The fourth-order valence-corrected chi connectivity index (χ4v) is 4.12. The molecule has 120 valence electrons. The van der Waals surface area contributed by atoms with Crippen molar-refractivity contribution in [3.63, 3.8) is 0 Å². The first kappa shape index (κ1) is 17.9. The molecular weight excluding hydrogens is 248 g/mol. The summed E-state index contributed by atoms with van der Waals surface area (Å²) in [5.74, 6) is 0. The lowest BCUT2D eigenvalue weighted by Crippen LogP contribution is -2.60. The lowest BCUT2D eigenvalue weighted by Gasteiger charge is -2.50. The van der Waals surface area contributed by atoms with Crippen LogP contribution in [0.25, 0.3) is 0 Å². The minimum absolute atomic E-state index is 0.384. The van der Waals surface area contributed by atoms with E-state index in [1.54, 1.807) is 0 Å². The minimum Gasteiger partial charge on any atom is -0.383 e. The van der Waals surface area contributed by atoms with Crippen LogP contribution < -0.4 is 5.32 Å². The van der Waals surface area contributed by atoms with Crippen LogP contribution in [0.3, 0.4) is 0 Å². The van der Waals surface area contributed by atoms with Crippen LogP contribution in [0.5, 0.6) is 0 Å². The van der Waals surface area contributed by atoms with Crippen molar-refractivity contribution in [2.75, 3.05) is 27.3 Å². The molecule has 0 amide bonds. The molecule has 1 saturated carbocycles. The van der Waals surface area contributed by atoms with E-state index < -0.39 is 0 Å². The molecular formula is C17H36N2O. The fraction of sp³-hybridized carbons (Fsp3) is 1.00. The number of nitrogens with one attached hydrogen (secondary N) is 1. The SMILES string of the molecule is CCC(CC)N(CCOC)C1CCCC(C)(C)C1NC. The summed E-state index contributed by atoms with van der Waals surface area (Å²) in [7, 11) is 3.94. The van der Waals surface area contributed by atoms with Gasteiger partial charge in [0.05, 0.1) is 6.61 Å². The predicted molar refractivity (Wildman–Crippen MR) is 87.2 cm³/mol. The average molecular weight is 284 g/mol. The molecule has 0 spiro atoms. The lowest BCUT2D eigenvalue weighted by molar-refractivity contribution is 0.00870. The molecule has 0 heterocycles. The van der Waals surface area contributed by atoms with E-state index in [-0.39, 0.29) is 0 Å². The molecule has 3 heteroatoms. The second-order valence-electron chi connectivity index (χ2n) is 6.92. The monoisotopic (exact) mass is 284 g/mol. The Morgan fingerprint density at radius 3 is 2.45 bits per heavy atom. The molecule has 0 aromatic heterocycles. The van der Waals surface area contributed by atoms with Gasteiger partial charge in [-0.05, 0) is 38.1 Å². The van der Waals surface area contributed by atoms with Crippen LogP contribution in [0.2, 0.25) is 0 Å².